The lowest BCUT2D eigenvalue weighted by Gasteiger charge is -2.27. The Kier molecular flexibility index (Phi) is 5.22. The number of fused-ring (bicyclic) bond motifs is 1. The van der Waals surface area contributed by atoms with E-state index >= 15 is 0 Å². The molecule has 2 heterocycles. The van der Waals surface area contributed by atoms with Crippen LogP contribution in [0.25, 0.3) is 0 Å². The molecular weight excluding hydrogens is 355 g/mol. The van der Waals surface area contributed by atoms with E-state index in [0.29, 0.717) is 6.54 Å². The number of nitrogens with one attached hydrogen (secondary N) is 2. The molecule has 0 aliphatic carbocycles. The molecule has 2 N–H and O–H groups in total. The van der Waals surface area contributed by atoms with Crippen molar-refractivity contribution in [3.8, 4) is 0 Å². The quantitative estimate of drug-likeness (QED) is 0.546. The zero-order chi connectivity index (χ0) is 19.7. The third-order valence-corrected chi connectivity index (χ3v) is 4.84. The first-order chi connectivity index (χ1) is 12.8. The molecule has 8 nitrogen and oxygen atoms in total. The summed E-state index contributed by atoms with van der Waals surface area (Å²) in [6.45, 7) is 1.33. The number of piperidine rings is 1. The second-order valence-electron chi connectivity index (χ2n) is 6.68. The molecule has 0 radical (unpaired) electrons. The highest BCUT2D eigenvalue weighted by Gasteiger charge is 2.45. The normalized spacial score (nSPS) is 19.4. The number of imide groups is 2. The number of carbonyl (C=O) groups excluding carboxylic acids is 4. The first-order valence-corrected chi connectivity index (χ1v) is 8.76. The summed E-state index contributed by atoms with van der Waals surface area (Å²) in [5.41, 5.74) is 0.229. The molecule has 4 amide bonds. The van der Waals surface area contributed by atoms with E-state index in [1.54, 1.807) is 11.9 Å². The van der Waals surface area contributed by atoms with Gasteiger partial charge < -0.3 is 10.2 Å². The monoisotopic (exact) mass is 376 g/mol. The molecule has 3 rings (SSSR count). The van der Waals surface area contributed by atoms with Crippen molar-refractivity contribution in [1.29, 1.82) is 0 Å². The highest BCUT2D eigenvalue weighted by Crippen LogP contribution is 2.32. The molecule has 0 bridgehead atoms. The molecule has 2 aliphatic heterocycles. The summed E-state index contributed by atoms with van der Waals surface area (Å²) >= 11 is 0. The van der Waals surface area contributed by atoms with E-state index in [-0.39, 0.29) is 29.7 Å². The maximum absolute atomic E-state index is 14.5. The summed E-state index contributed by atoms with van der Waals surface area (Å²) in [4.78, 5) is 51.3. The largest absolute Gasteiger partial charge is 0.372 e. The molecule has 0 spiro atoms. The van der Waals surface area contributed by atoms with Crippen LogP contribution in [0.2, 0.25) is 0 Å². The molecule has 1 aromatic rings. The number of halogens is 1. The number of hydrogen-bond acceptors (Lipinski definition) is 6. The number of carbonyl (C=O) groups is 4. The van der Waals surface area contributed by atoms with Gasteiger partial charge >= 0.3 is 0 Å². The third kappa shape index (κ3) is 3.42. The minimum atomic E-state index is -1.06. The Morgan fingerprint density at radius 2 is 1.89 bits per heavy atom. The molecule has 1 saturated heterocycles. The van der Waals surface area contributed by atoms with E-state index in [0.717, 1.165) is 23.9 Å². The summed E-state index contributed by atoms with van der Waals surface area (Å²) in [5.74, 6) is -3.09. The Morgan fingerprint density at radius 1 is 1.22 bits per heavy atom. The van der Waals surface area contributed by atoms with E-state index in [1.807, 2.05) is 7.05 Å². The van der Waals surface area contributed by atoms with Gasteiger partial charge in [0.1, 0.15) is 11.9 Å². The number of nitrogens with zero attached hydrogens (tertiary/aromatic N) is 2. The molecular formula is C18H21FN4O4. The maximum atomic E-state index is 14.5. The van der Waals surface area contributed by atoms with Gasteiger partial charge in [0.15, 0.2) is 0 Å². The molecule has 0 saturated carbocycles. The number of amides is 4. The van der Waals surface area contributed by atoms with Crippen molar-refractivity contribution < 1.29 is 23.6 Å². The van der Waals surface area contributed by atoms with Crippen molar-refractivity contribution in [1.82, 2.24) is 15.5 Å². The SMILES string of the molecule is CNCCCN(C)c1cc2c(cc1F)C(=O)N(C1CCC(=O)NC1=O)C2=O. The van der Waals surface area contributed by atoms with Crippen LogP contribution in [0.5, 0.6) is 0 Å². The second-order valence-corrected chi connectivity index (χ2v) is 6.68. The number of anilines is 1. The van der Waals surface area contributed by atoms with Crippen LogP contribution in [-0.4, -0.2) is 61.8 Å². The predicted molar refractivity (Wildman–Crippen MR) is 94.9 cm³/mol. The smallest absolute Gasteiger partial charge is 0.262 e. The van der Waals surface area contributed by atoms with Gasteiger partial charge in [-0.3, -0.25) is 29.4 Å². The van der Waals surface area contributed by atoms with Crippen molar-refractivity contribution in [2.45, 2.75) is 25.3 Å². The van der Waals surface area contributed by atoms with Gasteiger partial charge in [-0.25, -0.2) is 4.39 Å². The van der Waals surface area contributed by atoms with E-state index in [1.165, 1.54) is 6.07 Å². The summed E-state index contributed by atoms with van der Waals surface area (Å²) in [7, 11) is 3.53. The molecule has 9 heteroatoms. The summed E-state index contributed by atoms with van der Waals surface area (Å²) < 4.78 is 14.5. The second kappa shape index (κ2) is 7.43. The van der Waals surface area contributed by atoms with Crippen LogP contribution >= 0.6 is 0 Å². The van der Waals surface area contributed by atoms with Gasteiger partial charge in [-0.15, -0.1) is 0 Å². The van der Waals surface area contributed by atoms with Gasteiger partial charge in [0, 0.05) is 20.0 Å². The lowest BCUT2D eigenvalue weighted by molar-refractivity contribution is -0.136. The minimum absolute atomic E-state index is 0.0393. The van der Waals surface area contributed by atoms with E-state index < -0.39 is 35.5 Å². The standard InChI is InChI=1S/C18H21FN4O4/c1-20-6-3-7-22(2)14-9-11-10(8-12(14)19)17(26)23(18(11)27)13-4-5-15(24)21-16(13)25/h8-9,13,20H,3-7H2,1-2H3,(H,21,24,25). The van der Waals surface area contributed by atoms with E-state index in [2.05, 4.69) is 10.6 Å². The number of rotatable bonds is 6. The zero-order valence-corrected chi connectivity index (χ0v) is 15.2. The average molecular weight is 376 g/mol. The Morgan fingerprint density at radius 3 is 2.52 bits per heavy atom. The van der Waals surface area contributed by atoms with Gasteiger partial charge in [0.25, 0.3) is 11.8 Å². The van der Waals surface area contributed by atoms with E-state index in [9.17, 15) is 23.6 Å². The fourth-order valence-electron chi connectivity index (χ4n) is 3.39. The predicted octanol–water partition coefficient (Wildman–Crippen LogP) is 0.273. The minimum Gasteiger partial charge on any atom is -0.372 e. The molecule has 27 heavy (non-hydrogen) atoms. The van der Waals surface area contributed by atoms with Crippen molar-refractivity contribution in [3.63, 3.8) is 0 Å². The maximum Gasteiger partial charge on any atom is 0.262 e. The number of benzene rings is 1. The topological polar surface area (TPSA) is 98.8 Å². The van der Waals surface area contributed by atoms with Gasteiger partial charge in [-0.05, 0) is 38.6 Å². The van der Waals surface area contributed by atoms with Crippen molar-refractivity contribution in [3.05, 3.63) is 29.1 Å². The molecule has 1 aromatic carbocycles. The molecule has 0 aromatic heterocycles. The highest BCUT2D eigenvalue weighted by molar-refractivity contribution is 6.23. The Balaban J connectivity index is 1.88. The number of hydrogen-bond donors (Lipinski definition) is 2. The Labute approximate surface area is 155 Å². The van der Waals surface area contributed by atoms with Crippen LogP contribution in [0.4, 0.5) is 10.1 Å². The molecule has 144 valence electrons. The fourth-order valence-corrected chi connectivity index (χ4v) is 3.39. The average Bonchev–Trinajstić information content (AvgIpc) is 2.85. The van der Waals surface area contributed by atoms with Crippen molar-refractivity contribution in [2.24, 2.45) is 0 Å². The summed E-state index contributed by atoms with van der Waals surface area (Å²) in [6, 6.07) is 1.34. The lowest BCUT2D eigenvalue weighted by Crippen LogP contribution is -2.54. The van der Waals surface area contributed by atoms with Crippen LogP contribution < -0.4 is 15.5 Å². The van der Waals surface area contributed by atoms with Crippen molar-refractivity contribution >= 4 is 29.3 Å². The fraction of sp³-hybridized carbons (Fsp3) is 0.444. The molecule has 1 unspecified atom stereocenters. The van der Waals surface area contributed by atoms with E-state index in [4.69, 9.17) is 0 Å². The molecule has 1 atom stereocenters. The third-order valence-electron chi connectivity index (χ3n) is 4.84. The van der Waals surface area contributed by atoms with Gasteiger partial charge in [0.2, 0.25) is 11.8 Å². The molecule has 1 fully saturated rings. The van der Waals surface area contributed by atoms with Gasteiger partial charge in [-0.2, -0.15) is 0 Å². The van der Waals surface area contributed by atoms with Crippen molar-refractivity contribution in [2.75, 3.05) is 32.1 Å². The van der Waals surface area contributed by atoms with Gasteiger partial charge in [-0.1, -0.05) is 0 Å². The summed E-state index contributed by atoms with van der Waals surface area (Å²) in [5, 5.41) is 5.14. The zero-order valence-electron chi connectivity index (χ0n) is 15.2. The van der Waals surface area contributed by atoms with Gasteiger partial charge in [0.05, 0.1) is 16.8 Å². The highest BCUT2D eigenvalue weighted by atomic mass is 19.1. The van der Waals surface area contributed by atoms with Crippen LogP contribution in [0, 0.1) is 5.82 Å². The van der Waals surface area contributed by atoms with Crippen LogP contribution in [0.3, 0.4) is 0 Å². The first-order valence-electron chi connectivity index (χ1n) is 8.76. The first kappa shape index (κ1) is 19.0. The lowest BCUT2D eigenvalue weighted by atomic mass is 10.0. The Hall–Kier alpha value is -2.81. The van der Waals surface area contributed by atoms with Crippen LogP contribution in [0.1, 0.15) is 40.0 Å². The summed E-state index contributed by atoms with van der Waals surface area (Å²) in [6.07, 6.45) is 0.881. The van der Waals surface area contributed by atoms with Crippen LogP contribution in [-0.2, 0) is 9.59 Å². The Bertz CT molecular complexity index is 826. The molecule has 2 aliphatic rings. The van der Waals surface area contributed by atoms with Crippen LogP contribution in [0.15, 0.2) is 12.1 Å².